The smallest absolute Gasteiger partial charge is 0.0409 e. The van der Waals surface area contributed by atoms with Crippen LogP contribution in [-0.2, 0) is 6.54 Å². The van der Waals surface area contributed by atoms with Crippen LogP contribution >= 0.6 is 0 Å². The van der Waals surface area contributed by atoms with Crippen molar-refractivity contribution in [3.05, 3.63) is 29.3 Å². The number of rotatable bonds is 7. The molecule has 2 rings (SSSR count). The number of nitrogens with one attached hydrogen (secondary N) is 1. The van der Waals surface area contributed by atoms with Crippen molar-refractivity contribution < 1.29 is 0 Å². The first-order chi connectivity index (χ1) is 10.2. The standard InChI is InChI=1S/C18H31N3/c1-5-19-13-16-12-15(3)9-10-18(16)20(4)14-17-8-7-11-21(17)6-2/h9-10,12,17,19H,5-8,11,13-14H2,1-4H3. The first kappa shape index (κ1) is 16.3. The number of hydrogen-bond acceptors (Lipinski definition) is 3. The summed E-state index contributed by atoms with van der Waals surface area (Å²) in [5, 5.41) is 3.46. The molecule has 0 aliphatic carbocycles. The molecule has 1 unspecified atom stereocenters. The van der Waals surface area contributed by atoms with Crippen molar-refractivity contribution in [1.82, 2.24) is 10.2 Å². The monoisotopic (exact) mass is 289 g/mol. The summed E-state index contributed by atoms with van der Waals surface area (Å²) in [5.74, 6) is 0. The quantitative estimate of drug-likeness (QED) is 0.832. The maximum atomic E-state index is 3.46. The lowest BCUT2D eigenvalue weighted by Crippen LogP contribution is -2.39. The highest BCUT2D eigenvalue weighted by Gasteiger charge is 2.24. The summed E-state index contributed by atoms with van der Waals surface area (Å²) in [4.78, 5) is 5.07. The zero-order chi connectivity index (χ0) is 15.2. The van der Waals surface area contributed by atoms with Gasteiger partial charge in [-0.15, -0.1) is 0 Å². The molecule has 1 aliphatic heterocycles. The number of nitrogens with zero attached hydrogens (tertiary/aromatic N) is 2. The molecule has 1 aromatic carbocycles. The number of likely N-dealkylation sites (tertiary alicyclic amines) is 1. The summed E-state index contributed by atoms with van der Waals surface area (Å²) in [7, 11) is 2.24. The molecule has 1 N–H and O–H groups in total. The van der Waals surface area contributed by atoms with Crippen molar-refractivity contribution in [2.24, 2.45) is 0 Å². The Bertz CT molecular complexity index is 444. The van der Waals surface area contributed by atoms with E-state index in [1.54, 1.807) is 0 Å². The van der Waals surface area contributed by atoms with E-state index in [-0.39, 0.29) is 0 Å². The van der Waals surface area contributed by atoms with E-state index >= 15 is 0 Å². The van der Waals surface area contributed by atoms with Crippen LogP contribution in [0.4, 0.5) is 5.69 Å². The molecule has 0 saturated carbocycles. The van der Waals surface area contributed by atoms with E-state index < -0.39 is 0 Å². The van der Waals surface area contributed by atoms with Gasteiger partial charge in [0.2, 0.25) is 0 Å². The van der Waals surface area contributed by atoms with Gasteiger partial charge in [0, 0.05) is 31.9 Å². The molecule has 0 amide bonds. The Morgan fingerprint density at radius 2 is 2.14 bits per heavy atom. The molecule has 1 atom stereocenters. The average molecular weight is 289 g/mol. The predicted molar refractivity (Wildman–Crippen MR) is 92.1 cm³/mol. The van der Waals surface area contributed by atoms with E-state index in [1.807, 2.05) is 0 Å². The molecule has 1 heterocycles. The first-order valence-corrected chi connectivity index (χ1v) is 8.41. The van der Waals surface area contributed by atoms with E-state index in [2.05, 4.69) is 61.1 Å². The maximum Gasteiger partial charge on any atom is 0.0409 e. The number of anilines is 1. The number of aryl methyl sites for hydroxylation is 1. The van der Waals surface area contributed by atoms with Gasteiger partial charge in [-0.3, -0.25) is 4.90 Å². The number of hydrogen-bond donors (Lipinski definition) is 1. The second-order valence-electron chi connectivity index (χ2n) is 6.22. The second kappa shape index (κ2) is 7.81. The zero-order valence-corrected chi connectivity index (χ0v) is 14.2. The largest absolute Gasteiger partial charge is 0.373 e. The third-order valence-corrected chi connectivity index (χ3v) is 4.60. The highest BCUT2D eigenvalue weighted by Crippen LogP contribution is 2.24. The van der Waals surface area contributed by atoms with Crippen LogP contribution in [0.3, 0.4) is 0 Å². The van der Waals surface area contributed by atoms with Crippen molar-refractivity contribution >= 4 is 5.69 Å². The summed E-state index contributed by atoms with van der Waals surface area (Å²) < 4.78 is 0. The van der Waals surface area contributed by atoms with E-state index in [4.69, 9.17) is 0 Å². The molecule has 0 aromatic heterocycles. The van der Waals surface area contributed by atoms with Crippen LogP contribution in [0.5, 0.6) is 0 Å². The van der Waals surface area contributed by atoms with Gasteiger partial charge in [0.25, 0.3) is 0 Å². The molecule has 21 heavy (non-hydrogen) atoms. The first-order valence-electron chi connectivity index (χ1n) is 8.41. The third kappa shape index (κ3) is 4.21. The Kier molecular flexibility index (Phi) is 6.07. The van der Waals surface area contributed by atoms with Gasteiger partial charge in [-0.2, -0.15) is 0 Å². The zero-order valence-electron chi connectivity index (χ0n) is 14.2. The normalized spacial score (nSPS) is 19.1. The van der Waals surface area contributed by atoms with E-state index in [0.717, 1.165) is 19.6 Å². The lowest BCUT2D eigenvalue weighted by molar-refractivity contribution is 0.270. The molecule has 3 heteroatoms. The van der Waals surface area contributed by atoms with E-state index in [1.165, 1.54) is 42.7 Å². The molecule has 1 aliphatic rings. The molecule has 1 saturated heterocycles. The van der Waals surface area contributed by atoms with Crippen molar-refractivity contribution in [3.63, 3.8) is 0 Å². The van der Waals surface area contributed by atoms with Crippen LogP contribution in [0.2, 0.25) is 0 Å². The Morgan fingerprint density at radius 1 is 1.33 bits per heavy atom. The fraction of sp³-hybridized carbons (Fsp3) is 0.667. The van der Waals surface area contributed by atoms with Crippen molar-refractivity contribution in [1.29, 1.82) is 0 Å². The van der Waals surface area contributed by atoms with Gasteiger partial charge in [0.05, 0.1) is 0 Å². The fourth-order valence-electron chi connectivity index (χ4n) is 3.42. The fourth-order valence-corrected chi connectivity index (χ4v) is 3.42. The number of benzene rings is 1. The summed E-state index contributed by atoms with van der Waals surface area (Å²) in [6, 6.07) is 7.55. The minimum atomic E-state index is 0.716. The molecule has 0 bridgehead atoms. The molecule has 1 fully saturated rings. The second-order valence-corrected chi connectivity index (χ2v) is 6.22. The topological polar surface area (TPSA) is 18.5 Å². The highest BCUT2D eigenvalue weighted by atomic mass is 15.2. The Hall–Kier alpha value is -1.06. The minimum Gasteiger partial charge on any atom is -0.373 e. The van der Waals surface area contributed by atoms with E-state index in [9.17, 15) is 0 Å². The lowest BCUT2D eigenvalue weighted by Gasteiger charge is -2.30. The summed E-state index contributed by atoms with van der Waals surface area (Å²) >= 11 is 0. The van der Waals surface area contributed by atoms with Gasteiger partial charge in [0.15, 0.2) is 0 Å². The Morgan fingerprint density at radius 3 is 2.86 bits per heavy atom. The molecule has 118 valence electrons. The van der Waals surface area contributed by atoms with E-state index in [0.29, 0.717) is 6.04 Å². The van der Waals surface area contributed by atoms with Crippen molar-refractivity contribution in [2.45, 2.75) is 46.2 Å². The summed E-state index contributed by atoms with van der Waals surface area (Å²) in [6.07, 6.45) is 2.69. The van der Waals surface area contributed by atoms with Gasteiger partial charge in [-0.1, -0.05) is 31.5 Å². The molecule has 3 nitrogen and oxygen atoms in total. The summed E-state index contributed by atoms with van der Waals surface area (Å²) in [5.41, 5.74) is 4.14. The van der Waals surface area contributed by atoms with Gasteiger partial charge in [-0.25, -0.2) is 0 Å². The minimum absolute atomic E-state index is 0.716. The third-order valence-electron chi connectivity index (χ3n) is 4.60. The molecular formula is C18H31N3. The van der Waals surface area contributed by atoms with Gasteiger partial charge in [-0.05, 0) is 51.0 Å². The Labute approximate surface area is 130 Å². The van der Waals surface area contributed by atoms with Crippen molar-refractivity contribution in [3.8, 4) is 0 Å². The summed E-state index contributed by atoms with van der Waals surface area (Å²) in [6.45, 7) is 12.2. The van der Waals surface area contributed by atoms with Crippen LogP contribution in [0.25, 0.3) is 0 Å². The molecule has 0 spiro atoms. The molecule has 1 aromatic rings. The van der Waals surface area contributed by atoms with Crippen LogP contribution in [0.1, 0.15) is 37.8 Å². The highest BCUT2D eigenvalue weighted by molar-refractivity contribution is 5.54. The predicted octanol–water partition coefficient (Wildman–Crippen LogP) is 3.03. The molecule has 0 radical (unpaired) electrons. The SMILES string of the molecule is CCNCc1cc(C)ccc1N(C)CC1CCCN1CC. The molecular weight excluding hydrogens is 258 g/mol. The van der Waals surface area contributed by atoms with Crippen LogP contribution in [0, 0.1) is 6.92 Å². The van der Waals surface area contributed by atoms with Crippen LogP contribution in [-0.4, -0.2) is 44.2 Å². The number of likely N-dealkylation sites (N-methyl/N-ethyl adjacent to an activating group) is 2. The average Bonchev–Trinajstić information content (AvgIpc) is 2.92. The van der Waals surface area contributed by atoms with Crippen LogP contribution < -0.4 is 10.2 Å². The maximum absolute atomic E-state index is 3.46. The van der Waals surface area contributed by atoms with Crippen LogP contribution in [0.15, 0.2) is 18.2 Å². The van der Waals surface area contributed by atoms with Gasteiger partial charge in [0.1, 0.15) is 0 Å². The van der Waals surface area contributed by atoms with Gasteiger partial charge >= 0.3 is 0 Å². The van der Waals surface area contributed by atoms with Gasteiger partial charge < -0.3 is 10.2 Å². The lowest BCUT2D eigenvalue weighted by atomic mass is 10.1. The van der Waals surface area contributed by atoms with Crippen molar-refractivity contribution in [2.75, 3.05) is 38.1 Å². The Balaban J connectivity index is 2.08.